The van der Waals surface area contributed by atoms with Crippen LogP contribution in [0.15, 0.2) is 30.3 Å². The normalized spacial score (nSPS) is 24.5. The number of likely N-dealkylation sites (tertiary alicyclic amines) is 1. The van der Waals surface area contributed by atoms with E-state index in [2.05, 4.69) is 0 Å². The molecule has 1 N–H and O–H groups in total. The SMILES string of the molecule is CC(C)(C)OC(=O)N1CCC(OC2CCC(OCc3ccccc3)CN2O)CC1. The summed E-state index contributed by atoms with van der Waals surface area (Å²) in [6.07, 6.45) is 2.52. The van der Waals surface area contributed by atoms with Gasteiger partial charge in [0.05, 0.1) is 25.4 Å². The van der Waals surface area contributed by atoms with Crippen molar-refractivity contribution in [2.24, 2.45) is 0 Å². The molecule has 2 unspecified atom stereocenters. The maximum Gasteiger partial charge on any atom is 0.410 e. The molecule has 0 radical (unpaired) electrons. The number of hydrogen-bond acceptors (Lipinski definition) is 6. The van der Waals surface area contributed by atoms with E-state index in [0.717, 1.165) is 31.2 Å². The highest BCUT2D eigenvalue weighted by molar-refractivity contribution is 5.68. The van der Waals surface area contributed by atoms with Crippen molar-refractivity contribution in [3.63, 3.8) is 0 Å². The van der Waals surface area contributed by atoms with E-state index in [1.54, 1.807) is 4.90 Å². The molecule has 7 nitrogen and oxygen atoms in total. The molecule has 2 aliphatic heterocycles. The first-order chi connectivity index (χ1) is 13.8. The minimum atomic E-state index is -0.483. The summed E-state index contributed by atoms with van der Waals surface area (Å²) in [6, 6.07) is 10.1. The lowest BCUT2D eigenvalue weighted by molar-refractivity contribution is -0.265. The fourth-order valence-corrected chi connectivity index (χ4v) is 3.68. The lowest BCUT2D eigenvalue weighted by atomic mass is 10.1. The fraction of sp³-hybridized carbons (Fsp3) is 0.682. The molecule has 1 aromatic rings. The zero-order valence-corrected chi connectivity index (χ0v) is 17.8. The quantitative estimate of drug-likeness (QED) is 0.802. The number of carbonyl (C=O) groups excluding carboxylic acids is 1. The maximum absolute atomic E-state index is 12.2. The predicted molar refractivity (Wildman–Crippen MR) is 108 cm³/mol. The number of hydrogen-bond donors (Lipinski definition) is 1. The summed E-state index contributed by atoms with van der Waals surface area (Å²) in [7, 11) is 0. The number of hydroxylamine groups is 2. The molecule has 0 spiro atoms. The van der Waals surface area contributed by atoms with Gasteiger partial charge in [-0.15, -0.1) is 0 Å². The zero-order valence-electron chi connectivity index (χ0n) is 17.8. The number of carbonyl (C=O) groups is 1. The molecule has 1 amide bonds. The van der Waals surface area contributed by atoms with Gasteiger partial charge in [0, 0.05) is 13.1 Å². The molecule has 1 aromatic carbocycles. The van der Waals surface area contributed by atoms with Crippen LogP contribution in [0.4, 0.5) is 4.79 Å². The molecule has 2 aliphatic rings. The fourth-order valence-electron chi connectivity index (χ4n) is 3.68. The first-order valence-electron chi connectivity index (χ1n) is 10.5. The minimum absolute atomic E-state index is 0.00549. The lowest BCUT2D eigenvalue weighted by Crippen LogP contribution is -2.49. The van der Waals surface area contributed by atoms with Crippen LogP contribution in [0.2, 0.25) is 0 Å². The highest BCUT2D eigenvalue weighted by atomic mass is 16.6. The number of piperidine rings is 2. The van der Waals surface area contributed by atoms with E-state index in [0.29, 0.717) is 26.2 Å². The third-order valence-electron chi connectivity index (χ3n) is 5.23. The van der Waals surface area contributed by atoms with E-state index >= 15 is 0 Å². The molecule has 2 fully saturated rings. The number of ether oxygens (including phenoxy) is 3. The molecule has 2 heterocycles. The van der Waals surface area contributed by atoms with Gasteiger partial charge in [0.2, 0.25) is 0 Å². The maximum atomic E-state index is 12.2. The summed E-state index contributed by atoms with van der Waals surface area (Å²) in [5.41, 5.74) is 0.648. The molecule has 2 atom stereocenters. The Kier molecular flexibility index (Phi) is 7.51. The van der Waals surface area contributed by atoms with Crippen molar-refractivity contribution in [3.05, 3.63) is 35.9 Å². The number of amides is 1. The van der Waals surface area contributed by atoms with Crippen LogP contribution < -0.4 is 0 Å². The van der Waals surface area contributed by atoms with Gasteiger partial charge in [0.25, 0.3) is 0 Å². The molecule has 0 aromatic heterocycles. The zero-order chi connectivity index (χ0) is 20.9. The summed E-state index contributed by atoms with van der Waals surface area (Å²) in [5, 5.41) is 11.6. The summed E-state index contributed by atoms with van der Waals surface area (Å²) in [6.45, 7) is 7.83. The number of nitrogens with zero attached hydrogens (tertiary/aromatic N) is 2. The van der Waals surface area contributed by atoms with Crippen LogP contribution in [-0.2, 0) is 20.8 Å². The Morgan fingerprint density at radius 1 is 1.07 bits per heavy atom. The van der Waals surface area contributed by atoms with Crippen molar-refractivity contribution in [2.75, 3.05) is 19.6 Å². The molecule has 7 heteroatoms. The first-order valence-corrected chi connectivity index (χ1v) is 10.5. The Bertz CT molecular complexity index is 640. The Balaban J connectivity index is 1.37. The van der Waals surface area contributed by atoms with Gasteiger partial charge in [0.1, 0.15) is 11.8 Å². The monoisotopic (exact) mass is 406 g/mol. The van der Waals surface area contributed by atoms with Crippen molar-refractivity contribution in [1.29, 1.82) is 0 Å². The van der Waals surface area contributed by atoms with Gasteiger partial charge in [-0.25, -0.2) is 4.79 Å². The third kappa shape index (κ3) is 6.96. The van der Waals surface area contributed by atoms with Crippen LogP contribution in [0.25, 0.3) is 0 Å². The molecule has 162 valence electrons. The Hall–Kier alpha value is -1.67. The molecule has 29 heavy (non-hydrogen) atoms. The molecular weight excluding hydrogens is 372 g/mol. The average molecular weight is 407 g/mol. The van der Waals surface area contributed by atoms with Gasteiger partial charge < -0.3 is 24.3 Å². The second-order valence-corrected chi connectivity index (χ2v) is 8.88. The first kappa shape index (κ1) is 22.0. The highest BCUT2D eigenvalue weighted by Crippen LogP contribution is 2.24. The Morgan fingerprint density at radius 3 is 2.38 bits per heavy atom. The predicted octanol–water partition coefficient (Wildman–Crippen LogP) is 3.80. The van der Waals surface area contributed by atoms with Crippen LogP contribution in [0.3, 0.4) is 0 Å². The van der Waals surface area contributed by atoms with Gasteiger partial charge >= 0.3 is 6.09 Å². The van der Waals surface area contributed by atoms with Crippen molar-refractivity contribution in [1.82, 2.24) is 9.96 Å². The number of rotatable bonds is 5. The standard InChI is InChI=1S/C22H34N2O5/c1-22(2,3)29-21(25)23-13-11-18(12-14-23)28-20-10-9-19(15-24(20)26)27-16-17-7-5-4-6-8-17/h4-8,18-20,26H,9-16H2,1-3H3. The van der Waals surface area contributed by atoms with Crippen LogP contribution in [-0.4, -0.2) is 64.9 Å². The van der Waals surface area contributed by atoms with E-state index in [1.165, 1.54) is 5.06 Å². The van der Waals surface area contributed by atoms with Gasteiger partial charge in [0.15, 0.2) is 0 Å². The molecular formula is C22H34N2O5. The van der Waals surface area contributed by atoms with Gasteiger partial charge in [-0.1, -0.05) is 30.3 Å². The summed E-state index contributed by atoms with van der Waals surface area (Å²) in [4.78, 5) is 13.9. The average Bonchev–Trinajstić information content (AvgIpc) is 2.68. The van der Waals surface area contributed by atoms with E-state index < -0.39 is 5.60 Å². The molecule has 0 aliphatic carbocycles. The van der Waals surface area contributed by atoms with Crippen LogP contribution in [0.1, 0.15) is 52.0 Å². The second-order valence-electron chi connectivity index (χ2n) is 8.88. The molecule has 0 saturated carbocycles. The smallest absolute Gasteiger partial charge is 0.410 e. The Labute approximate surface area is 173 Å². The van der Waals surface area contributed by atoms with E-state index in [-0.39, 0.29) is 24.5 Å². The minimum Gasteiger partial charge on any atom is -0.444 e. The Morgan fingerprint density at radius 2 is 1.76 bits per heavy atom. The van der Waals surface area contributed by atoms with Crippen LogP contribution >= 0.6 is 0 Å². The number of benzene rings is 1. The van der Waals surface area contributed by atoms with Crippen molar-refractivity contribution in [2.45, 2.75) is 77.1 Å². The highest BCUT2D eigenvalue weighted by Gasteiger charge is 2.33. The molecule has 0 bridgehead atoms. The summed E-state index contributed by atoms with van der Waals surface area (Å²) >= 11 is 0. The second kappa shape index (κ2) is 9.89. The van der Waals surface area contributed by atoms with E-state index in [9.17, 15) is 10.0 Å². The van der Waals surface area contributed by atoms with Crippen molar-refractivity contribution in [3.8, 4) is 0 Å². The summed E-state index contributed by atoms with van der Waals surface area (Å²) in [5.74, 6) is 0. The van der Waals surface area contributed by atoms with E-state index in [4.69, 9.17) is 14.2 Å². The largest absolute Gasteiger partial charge is 0.444 e. The lowest BCUT2D eigenvalue weighted by Gasteiger charge is -2.39. The van der Waals surface area contributed by atoms with Crippen LogP contribution in [0, 0.1) is 0 Å². The van der Waals surface area contributed by atoms with Crippen molar-refractivity contribution >= 4 is 6.09 Å². The van der Waals surface area contributed by atoms with Gasteiger partial charge in [-0.3, -0.25) is 0 Å². The third-order valence-corrected chi connectivity index (χ3v) is 5.23. The molecule has 2 saturated heterocycles. The van der Waals surface area contributed by atoms with E-state index in [1.807, 2.05) is 51.1 Å². The van der Waals surface area contributed by atoms with Crippen molar-refractivity contribution < 1.29 is 24.2 Å². The van der Waals surface area contributed by atoms with Crippen LogP contribution in [0.5, 0.6) is 0 Å². The van der Waals surface area contributed by atoms with Gasteiger partial charge in [-0.2, -0.15) is 5.06 Å². The topological polar surface area (TPSA) is 71.5 Å². The summed E-state index contributed by atoms with van der Waals surface area (Å²) < 4.78 is 17.5. The molecule has 3 rings (SSSR count). The van der Waals surface area contributed by atoms with Gasteiger partial charge in [-0.05, 0) is 52.0 Å².